The van der Waals surface area contributed by atoms with Crippen molar-refractivity contribution < 1.29 is 17.3 Å². The van der Waals surface area contributed by atoms with E-state index >= 15 is 0 Å². The van der Waals surface area contributed by atoms with Crippen LogP contribution in [0.4, 0.5) is 5.69 Å². The van der Waals surface area contributed by atoms with Crippen molar-refractivity contribution in [1.82, 2.24) is 9.97 Å². The molecule has 7 nitrogen and oxygen atoms in total. The average Bonchev–Trinajstić information content (AvgIpc) is 3.26. The van der Waals surface area contributed by atoms with E-state index in [2.05, 4.69) is 14.7 Å². The molecule has 0 aliphatic heterocycles. The highest BCUT2D eigenvalue weighted by Gasteiger charge is 2.17. The molecular weight excluding hydrogens is 422 g/mol. The van der Waals surface area contributed by atoms with Crippen molar-refractivity contribution in [2.45, 2.75) is 22.8 Å². The number of halogens is 1. The number of rotatable bonds is 6. The molecule has 1 N–H and O–H groups in total. The number of anilines is 1. The number of sulfonamides is 1. The minimum atomic E-state index is -3.77. The largest absolute Gasteiger partial charge is 0.445 e. The summed E-state index contributed by atoms with van der Waals surface area (Å²) in [5.41, 5.74) is 1.36. The van der Waals surface area contributed by atoms with Crippen LogP contribution >= 0.6 is 23.4 Å². The van der Waals surface area contributed by atoms with Crippen LogP contribution < -0.4 is 4.72 Å². The van der Waals surface area contributed by atoms with Crippen LogP contribution in [0.25, 0.3) is 11.1 Å². The molecular formula is C18H14ClN3O4S2. The molecule has 4 rings (SSSR count). The Balaban J connectivity index is 1.54. The van der Waals surface area contributed by atoms with E-state index in [0.717, 1.165) is 5.76 Å². The maximum Gasteiger partial charge on any atom is 0.261 e. The van der Waals surface area contributed by atoms with Crippen molar-refractivity contribution in [2.24, 2.45) is 0 Å². The molecule has 0 radical (unpaired) electrons. The number of oxazole rings is 2. The van der Waals surface area contributed by atoms with Gasteiger partial charge in [0.15, 0.2) is 5.58 Å². The highest BCUT2D eigenvalue weighted by molar-refractivity contribution is 7.98. The number of hydrogen-bond acceptors (Lipinski definition) is 7. The van der Waals surface area contributed by atoms with E-state index in [0.29, 0.717) is 38.7 Å². The standard InChI is InChI=1S/C18H14ClN3O4S2/c1-11-9-20-17(25-11)10-27-18-21-15-8-14(6-7-16(15)26-18)28(23,24)22-13-4-2-12(19)3-5-13/h2-9,22H,10H2,1H3. The Hall–Kier alpha value is -2.49. The summed E-state index contributed by atoms with van der Waals surface area (Å²) in [6, 6.07) is 10.9. The Kier molecular flexibility index (Phi) is 5.05. The molecule has 0 spiro atoms. The first kappa shape index (κ1) is 18.9. The van der Waals surface area contributed by atoms with E-state index in [1.807, 2.05) is 6.92 Å². The molecule has 0 unspecified atom stereocenters. The summed E-state index contributed by atoms with van der Waals surface area (Å²) in [6.45, 7) is 1.82. The summed E-state index contributed by atoms with van der Waals surface area (Å²) >= 11 is 7.14. The maximum absolute atomic E-state index is 12.6. The normalized spacial score (nSPS) is 11.8. The lowest BCUT2D eigenvalue weighted by atomic mass is 10.3. The molecule has 0 saturated heterocycles. The van der Waals surface area contributed by atoms with Gasteiger partial charge in [0, 0.05) is 10.7 Å². The van der Waals surface area contributed by atoms with Gasteiger partial charge in [0.2, 0.25) is 5.89 Å². The number of hydrogen-bond donors (Lipinski definition) is 1. The van der Waals surface area contributed by atoms with Crippen molar-refractivity contribution in [1.29, 1.82) is 0 Å². The molecule has 144 valence electrons. The van der Waals surface area contributed by atoms with Crippen LogP contribution in [0.5, 0.6) is 0 Å². The number of thioether (sulfide) groups is 1. The van der Waals surface area contributed by atoms with Crippen molar-refractivity contribution in [2.75, 3.05) is 4.72 Å². The molecule has 0 atom stereocenters. The molecule has 4 aromatic rings. The van der Waals surface area contributed by atoms with Gasteiger partial charge in [-0.1, -0.05) is 23.4 Å². The minimum absolute atomic E-state index is 0.0862. The fourth-order valence-corrected chi connectivity index (χ4v) is 4.33. The minimum Gasteiger partial charge on any atom is -0.445 e. The lowest BCUT2D eigenvalue weighted by molar-refractivity contribution is 0.479. The third-order valence-electron chi connectivity index (χ3n) is 3.73. The van der Waals surface area contributed by atoms with Crippen molar-refractivity contribution >= 4 is 50.2 Å². The van der Waals surface area contributed by atoms with Crippen LogP contribution in [0.1, 0.15) is 11.7 Å². The third kappa shape index (κ3) is 4.16. The molecule has 2 aromatic carbocycles. The molecule has 0 amide bonds. The van der Waals surface area contributed by atoms with Gasteiger partial charge in [0.25, 0.3) is 15.2 Å². The Bertz CT molecular complexity index is 1230. The number of nitrogens with zero attached hydrogens (tertiary/aromatic N) is 2. The van der Waals surface area contributed by atoms with Crippen LogP contribution in [0.15, 0.2) is 67.6 Å². The molecule has 0 aliphatic carbocycles. The van der Waals surface area contributed by atoms with Gasteiger partial charge in [0.05, 0.1) is 16.8 Å². The molecule has 28 heavy (non-hydrogen) atoms. The summed E-state index contributed by atoms with van der Waals surface area (Å²) in [5, 5.41) is 0.933. The topological polar surface area (TPSA) is 98.2 Å². The second-order valence-electron chi connectivity index (χ2n) is 5.88. The van der Waals surface area contributed by atoms with Gasteiger partial charge in [-0.3, -0.25) is 4.72 Å². The second kappa shape index (κ2) is 7.50. The molecule has 0 aliphatic rings. The molecule has 10 heteroatoms. The van der Waals surface area contributed by atoms with Gasteiger partial charge in [-0.15, -0.1) is 0 Å². The van der Waals surface area contributed by atoms with Crippen LogP contribution in [0.3, 0.4) is 0 Å². The predicted octanol–water partition coefficient (Wildman–Crippen LogP) is 4.87. The quantitative estimate of drug-likeness (QED) is 0.431. The van der Waals surface area contributed by atoms with Gasteiger partial charge in [-0.05, 0) is 49.4 Å². The Labute approximate surface area is 170 Å². The summed E-state index contributed by atoms with van der Waals surface area (Å²) in [6.07, 6.45) is 1.65. The highest BCUT2D eigenvalue weighted by Crippen LogP contribution is 2.28. The monoisotopic (exact) mass is 435 g/mol. The van der Waals surface area contributed by atoms with E-state index < -0.39 is 10.0 Å². The van der Waals surface area contributed by atoms with Gasteiger partial charge < -0.3 is 8.83 Å². The average molecular weight is 436 g/mol. The van der Waals surface area contributed by atoms with Crippen LogP contribution in [0.2, 0.25) is 5.02 Å². The van der Waals surface area contributed by atoms with Crippen molar-refractivity contribution in [3.05, 3.63) is 65.3 Å². The van der Waals surface area contributed by atoms with Crippen molar-refractivity contribution in [3.63, 3.8) is 0 Å². The summed E-state index contributed by atoms with van der Waals surface area (Å²) in [7, 11) is -3.77. The summed E-state index contributed by atoms with van der Waals surface area (Å²) < 4.78 is 38.8. The molecule has 0 bridgehead atoms. The SMILES string of the molecule is Cc1cnc(CSc2nc3cc(S(=O)(=O)Nc4ccc(Cl)cc4)ccc3o2)o1. The van der Waals surface area contributed by atoms with E-state index in [4.69, 9.17) is 20.4 Å². The number of benzene rings is 2. The molecule has 0 saturated carbocycles. The first-order valence-electron chi connectivity index (χ1n) is 8.12. The smallest absolute Gasteiger partial charge is 0.261 e. The van der Waals surface area contributed by atoms with Gasteiger partial charge in [0.1, 0.15) is 11.3 Å². The van der Waals surface area contributed by atoms with Crippen molar-refractivity contribution in [3.8, 4) is 0 Å². The lowest BCUT2D eigenvalue weighted by Crippen LogP contribution is -2.12. The Morgan fingerprint density at radius 1 is 1.14 bits per heavy atom. The predicted molar refractivity (Wildman–Crippen MR) is 107 cm³/mol. The Morgan fingerprint density at radius 3 is 2.64 bits per heavy atom. The molecule has 2 aromatic heterocycles. The van der Waals surface area contributed by atoms with Crippen LogP contribution in [-0.2, 0) is 15.8 Å². The first-order valence-corrected chi connectivity index (χ1v) is 11.0. The summed E-state index contributed by atoms with van der Waals surface area (Å²) in [4.78, 5) is 8.55. The first-order chi connectivity index (χ1) is 13.4. The number of aryl methyl sites for hydroxylation is 1. The summed E-state index contributed by atoms with van der Waals surface area (Å²) in [5.74, 6) is 1.76. The van der Waals surface area contributed by atoms with Crippen LogP contribution in [0, 0.1) is 6.92 Å². The maximum atomic E-state index is 12.6. The van der Waals surface area contributed by atoms with Crippen LogP contribution in [-0.4, -0.2) is 18.4 Å². The fraction of sp³-hybridized carbons (Fsp3) is 0.111. The van der Waals surface area contributed by atoms with Gasteiger partial charge in [-0.25, -0.2) is 18.4 Å². The van der Waals surface area contributed by atoms with E-state index in [9.17, 15) is 8.42 Å². The second-order valence-corrected chi connectivity index (χ2v) is 8.92. The third-order valence-corrected chi connectivity index (χ3v) is 6.18. The zero-order valence-corrected chi connectivity index (χ0v) is 16.9. The lowest BCUT2D eigenvalue weighted by Gasteiger charge is -2.07. The molecule has 2 heterocycles. The van der Waals surface area contributed by atoms with E-state index in [-0.39, 0.29) is 4.90 Å². The highest BCUT2D eigenvalue weighted by atomic mass is 35.5. The molecule has 0 fully saturated rings. The Morgan fingerprint density at radius 2 is 1.93 bits per heavy atom. The number of aromatic nitrogens is 2. The van der Waals surface area contributed by atoms with Gasteiger partial charge in [-0.2, -0.15) is 0 Å². The number of nitrogens with one attached hydrogen (secondary N) is 1. The van der Waals surface area contributed by atoms with E-state index in [1.165, 1.54) is 23.9 Å². The number of fused-ring (bicyclic) bond motifs is 1. The van der Waals surface area contributed by atoms with E-state index in [1.54, 1.807) is 36.5 Å². The zero-order valence-electron chi connectivity index (χ0n) is 14.5. The zero-order chi connectivity index (χ0) is 19.7. The fourth-order valence-electron chi connectivity index (χ4n) is 2.44. The van der Waals surface area contributed by atoms with Gasteiger partial charge >= 0.3 is 0 Å².